The zero-order valence-electron chi connectivity index (χ0n) is 16.8. The Hall–Kier alpha value is -2.35. The van der Waals surface area contributed by atoms with Gasteiger partial charge in [0, 0.05) is 12.4 Å². The van der Waals surface area contributed by atoms with E-state index in [2.05, 4.69) is 112 Å². The Morgan fingerprint density at radius 1 is 0.731 bits per heavy atom. The molecule has 0 amide bonds. The maximum Gasteiger partial charge on any atom is 0.268 e. The van der Waals surface area contributed by atoms with E-state index in [4.69, 9.17) is 0 Å². The third-order valence-corrected chi connectivity index (χ3v) is 4.98. The highest BCUT2D eigenvalue weighted by Gasteiger charge is 2.17. The molecule has 2 nitrogen and oxygen atoms in total. The molecule has 1 aromatic heterocycles. The SMILES string of the molecule is CC(C)c1ccccc1-n1[c-][n+](-c2c(C(C)C)cccc2C(C)C)cc1. The van der Waals surface area contributed by atoms with Crippen molar-refractivity contribution in [1.82, 2.24) is 4.57 Å². The molecule has 0 aliphatic heterocycles. The van der Waals surface area contributed by atoms with Crippen LogP contribution in [-0.2, 0) is 0 Å². The summed E-state index contributed by atoms with van der Waals surface area (Å²) in [5, 5.41) is 0. The monoisotopic (exact) mass is 346 g/mol. The van der Waals surface area contributed by atoms with Crippen LogP contribution in [0.4, 0.5) is 0 Å². The van der Waals surface area contributed by atoms with Crippen molar-refractivity contribution in [2.24, 2.45) is 0 Å². The third-order valence-electron chi connectivity index (χ3n) is 4.98. The van der Waals surface area contributed by atoms with Crippen LogP contribution in [0.1, 0.15) is 76.0 Å². The lowest BCUT2D eigenvalue weighted by Gasteiger charge is -2.19. The predicted octanol–water partition coefficient (Wildman–Crippen LogP) is 5.92. The van der Waals surface area contributed by atoms with Gasteiger partial charge >= 0.3 is 0 Å². The summed E-state index contributed by atoms with van der Waals surface area (Å²) in [7, 11) is 0. The molecule has 0 radical (unpaired) electrons. The number of para-hydroxylation sites is 2. The van der Waals surface area contributed by atoms with Crippen molar-refractivity contribution in [3.63, 3.8) is 0 Å². The second-order valence-corrected chi connectivity index (χ2v) is 7.95. The number of hydrogen-bond acceptors (Lipinski definition) is 0. The zero-order valence-corrected chi connectivity index (χ0v) is 16.8. The van der Waals surface area contributed by atoms with E-state index < -0.39 is 0 Å². The number of nitrogens with zero attached hydrogens (tertiary/aromatic N) is 2. The fraction of sp³-hybridized carbons (Fsp3) is 0.375. The van der Waals surface area contributed by atoms with Crippen LogP contribution in [0.15, 0.2) is 54.9 Å². The lowest BCUT2D eigenvalue weighted by molar-refractivity contribution is -0.600. The van der Waals surface area contributed by atoms with Crippen LogP contribution in [-0.4, -0.2) is 4.57 Å². The van der Waals surface area contributed by atoms with Gasteiger partial charge < -0.3 is 0 Å². The summed E-state index contributed by atoms with van der Waals surface area (Å²) in [4.78, 5) is 0. The Kier molecular flexibility index (Phi) is 5.31. The van der Waals surface area contributed by atoms with Crippen molar-refractivity contribution < 1.29 is 4.57 Å². The van der Waals surface area contributed by atoms with Gasteiger partial charge in [-0.05, 0) is 40.5 Å². The first-order valence-electron chi connectivity index (χ1n) is 9.65. The molecule has 0 saturated heterocycles. The first-order chi connectivity index (χ1) is 12.4. The van der Waals surface area contributed by atoms with E-state index in [0.29, 0.717) is 17.8 Å². The van der Waals surface area contributed by atoms with Crippen LogP contribution in [0.25, 0.3) is 11.4 Å². The smallest absolute Gasteiger partial charge is 0.268 e. The van der Waals surface area contributed by atoms with Gasteiger partial charge in [-0.2, -0.15) is 0 Å². The quantitative estimate of drug-likeness (QED) is 0.400. The molecular weight excluding hydrogens is 316 g/mol. The molecular formula is C24H30N2. The highest BCUT2D eigenvalue weighted by Crippen LogP contribution is 2.28. The number of aromatic nitrogens is 2. The normalized spacial score (nSPS) is 11.7. The fourth-order valence-corrected chi connectivity index (χ4v) is 3.56. The highest BCUT2D eigenvalue weighted by molar-refractivity contribution is 5.46. The molecule has 1 heterocycles. The van der Waals surface area contributed by atoms with Gasteiger partial charge in [0.25, 0.3) is 6.33 Å². The van der Waals surface area contributed by atoms with Crippen LogP contribution in [0.3, 0.4) is 0 Å². The van der Waals surface area contributed by atoms with Crippen molar-refractivity contribution >= 4 is 0 Å². The number of rotatable bonds is 5. The summed E-state index contributed by atoms with van der Waals surface area (Å²) >= 11 is 0. The maximum atomic E-state index is 3.56. The van der Waals surface area contributed by atoms with Crippen LogP contribution >= 0.6 is 0 Å². The van der Waals surface area contributed by atoms with Gasteiger partial charge in [0.05, 0.1) is 11.4 Å². The summed E-state index contributed by atoms with van der Waals surface area (Å²) in [6.07, 6.45) is 7.81. The molecule has 0 aliphatic carbocycles. The number of hydrogen-bond donors (Lipinski definition) is 0. The minimum atomic E-state index is 0.468. The number of benzene rings is 2. The van der Waals surface area contributed by atoms with Crippen LogP contribution in [0.2, 0.25) is 0 Å². The highest BCUT2D eigenvalue weighted by atomic mass is 15.1. The summed E-state index contributed by atoms with van der Waals surface area (Å²) in [5.41, 5.74) is 6.56. The van der Waals surface area contributed by atoms with E-state index in [1.165, 1.54) is 28.1 Å². The molecule has 0 N–H and O–H groups in total. The second kappa shape index (κ2) is 7.49. The minimum Gasteiger partial charge on any atom is -0.299 e. The Bertz CT molecular complexity index is 858. The van der Waals surface area contributed by atoms with E-state index in [-0.39, 0.29) is 0 Å². The molecule has 0 saturated carbocycles. The molecule has 0 atom stereocenters. The minimum absolute atomic E-state index is 0.468. The van der Waals surface area contributed by atoms with Crippen molar-refractivity contribution in [2.75, 3.05) is 0 Å². The summed E-state index contributed by atoms with van der Waals surface area (Å²) in [5.74, 6) is 1.41. The zero-order chi connectivity index (χ0) is 18.8. The Morgan fingerprint density at radius 2 is 1.27 bits per heavy atom. The van der Waals surface area contributed by atoms with Crippen molar-refractivity contribution in [2.45, 2.75) is 59.3 Å². The van der Waals surface area contributed by atoms with Gasteiger partial charge in [-0.25, -0.2) is 0 Å². The topological polar surface area (TPSA) is 8.81 Å². The van der Waals surface area contributed by atoms with Gasteiger partial charge in [-0.1, -0.05) is 77.9 Å². The molecule has 136 valence electrons. The fourth-order valence-electron chi connectivity index (χ4n) is 3.56. The molecule has 26 heavy (non-hydrogen) atoms. The van der Waals surface area contributed by atoms with E-state index >= 15 is 0 Å². The van der Waals surface area contributed by atoms with Gasteiger partial charge in [0.15, 0.2) is 0 Å². The van der Waals surface area contributed by atoms with Crippen molar-refractivity contribution in [1.29, 1.82) is 0 Å². The summed E-state index contributed by atoms with van der Waals surface area (Å²) in [6.45, 7) is 13.5. The van der Waals surface area contributed by atoms with E-state index in [1.54, 1.807) is 0 Å². The van der Waals surface area contributed by atoms with Crippen LogP contribution in [0.5, 0.6) is 0 Å². The Morgan fingerprint density at radius 3 is 1.85 bits per heavy atom. The average Bonchev–Trinajstić information content (AvgIpc) is 3.10. The first-order valence-corrected chi connectivity index (χ1v) is 9.65. The molecule has 3 aromatic rings. The Balaban J connectivity index is 2.15. The molecule has 2 aromatic carbocycles. The maximum absolute atomic E-state index is 3.56. The van der Waals surface area contributed by atoms with Crippen molar-refractivity contribution in [3.8, 4) is 11.4 Å². The largest absolute Gasteiger partial charge is 0.299 e. The molecule has 0 unspecified atom stereocenters. The van der Waals surface area contributed by atoms with Crippen molar-refractivity contribution in [3.05, 3.63) is 77.9 Å². The van der Waals surface area contributed by atoms with E-state index in [9.17, 15) is 0 Å². The van der Waals surface area contributed by atoms with Gasteiger partial charge in [-0.3, -0.25) is 9.13 Å². The van der Waals surface area contributed by atoms with Crippen LogP contribution in [0, 0.1) is 6.33 Å². The predicted molar refractivity (Wildman–Crippen MR) is 108 cm³/mol. The molecule has 2 heteroatoms. The first kappa shape index (κ1) is 18.4. The summed E-state index contributed by atoms with van der Waals surface area (Å²) in [6, 6.07) is 15.3. The molecule has 3 rings (SSSR count). The number of imidazole rings is 1. The molecule has 0 aliphatic rings. The average molecular weight is 347 g/mol. The van der Waals surface area contributed by atoms with E-state index in [1.807, 2.05) is 0 Å². The molecule has 0 fully saturated rings. The third kappa shape index (κ3) is 3.46. The van der Waals surface area contributed by atoms with E-state index in [0.717, 1.165) is 0 Å². The standard InChI is InChI=1S/C24H30N2/c1-17(2)20-10-7-8-13-23(20)25-14-15-26(16-25)24-21(18(3)4)11-9-12-22(24)19(5)6/h7-15,17-19H,1-6H3. The van der Waals surface area contributed by atoms with Gasteiger partial charge in [0.1, 0.15) is 0 Å². The van der Waals surface area contributed by atoms with Crippen LogP contribution < -0.4 is 4.57 Å². The molecule has 0 spiro atoms. The second-order valence-electron chi connectivity index (χ2n) is 7.95. The van der Waals surface area contributed by atoms with Gasteiger partial charge in [-0.15, -0.1) is 0 Å². The lowest BCUT2D eigenvalue weighted by Crippen LogP contribution is -2.32. The molecule has 0 bridgehead atoms. The van der Waals surface area contributed by atoms with Gasteiger partial charge in [0.2, 0.25) is 0 Å². The summed E-state index contributed by atoms with van der Waals surface area (Å²) < 4.78 is 4.29. The lowest BCUT2D eigenvalue weighted by atomic mass is 9.92. The Labute approximate surface area is 158 Å².